The highest BCUT2D eigenvalue weighted by Gasteiger charge is 2.41. The Labute approximate surface area is 121 Å². The number of benzene rings is 1. The maximum absolute atomic E-state index is 12.7. The molecule has 0 aromatic heterocycles. The summed E-state index contributed by atoms with van der Waals surface area (Å²) in [6.07, 6.45) is -3.97. The van der Waals surface area contributed by atoms with Crippen molar-refractivity contribution in [1.82, 2.24) is 4.72 Å². The molecule has 0 aliphatic rings. The first kappa shape index (κ1) is 17.3. The molecule has 10 heteroatoms. The van der Waals surface area contributed by atoms with E-state index in [0.717, 1.165) is 6.07 Å². The predicted octanol–water partition coefficient (Wildman–Crippen LogP) is 2.12. The summed E-state index contributed by atoms with van der Waals surface area (Å²) in [6.45, 7) is -2.17. The Bertz CT molecular complexity index is 580. The number of aliphatic hydroxyl groups is 1. The van der Waals surface area contributed by atoms with E-state index in [4.69, 9.17) is 5.11 Å². The van der Waals surface area contributed by atoms with Gasteiger partial charge in [-0.1, -0.05) is 6.07 Å². The Morgan fingerprint density at radius 2 is 1.95 bits per heavy atom. The van der Waals surface area contributed by atoms with E-state index in [-0.39, 0.29) is 10.0 Å². The zero-order valence-corrected chi connectivity index (χ0v) is 12.2. The first-order chi connectivity index (χ1) is 9.10. The van der Waals surface area contributed by atoms with Crippen LogP contribution in [0.15, 0.2) is 27.6 Å². The molecule has 0 saturated heterocycles. The summed E-state index contributed by atoms with van der Waals surface area (Å²) in [7, 11) is -4.41. The van der Waals surface area contributed by atoms with Gasteiger partial charge in [0.2, 0.25) is 10.0 Å². The lowest BCUT2D eigenvalue weighted by atomic mass is 10.2. The molecule has 0 aliphatic heterocycles. The maximum atomic E-state index is 12.7. The van der Waals surface area contributed by atoms with E-state index in [1.807, 2.05) is 0 Å². The summed E-state index contributed by atoms with van der Waals surface area (Å²) in [4.78, 5) is -0.422. The molecule has 4 nitrogen and oxygen atoms in total. The number of rotatable bonds is 6. The average molecular weight is 380 g/mol. The van der Waals surface area contributed by atoms with E-state index in [2.05, 4.69) is 15.9 Å². The molecule has 0 fully saturated rings. The smallest absolute Gasteiger partial charge is 0.320 e. The summed E-state index contributed by atoms with van der Waals surface area (Å²) in [5.41, 5.74) is 0.231. The third-order valence-corrected chi connectivity index (χ3v) is 4.68. The zero-order valence-electron chi connectivity index (χ0n) is 9.79. The predicted molar refractivity (Wildman–Crippen MR) is 66.2 cm³/mol. The fraction of sp³-hybridized carbons (Fsp3) is 0.400. The Hall–Kier alpha value is -0.710. The van der Waals surface area contributed by atoms with Gasteiger partial charge in [-0.05, 0) is 33.6 Å². The van der Waals surface area contributed by atoms with Crippen LogP contribution in [0.3, 0.4) is 0 Å². The normalized spacial score (nSPS) is 12.9. The van der Waals surface area contributed by atoms with Crippen molar-refractivity contribution in [3.63, 3.8) is 0 Å². The van der Waals surface area contributed by atoms with Gasteiger partial charge in [-0.2, -0.15) is 8.78 Å². The summed E-state index contributed by atoms with van der Waals surface area (Å²) >= 11 is 2.91. The lowest BCUT2D eigenvalue weighted by molar-refractivity contribution is -0.122. The van der Waals surface area contributed by atoms with Gasteiger partial charge >= 0.3 is 12.3 Å². The Morgan fingerprint density at radius 1 is 1.35 bits per heavy atom. The van der Waals surface area contributed by atoms with E-state index in [1.165, 1.54) is 16.9 Å². The van der Waals surface area contributed by atoms with Crippen LogP contribution in [0.5, 0.6) is 0 Å². The van der Waals surface area contributed by atoms with Crippen LogP contribution in [0, 0.1) is 0 Å². The molecule has 0 spiro atoms. The Balaban J connectivity index is 3.00. The molecule has 1 aromatic rings. The second-order valence-electron chi connectivity index (χ2n) is 3.81. The van der Waals surface area contributed by atoms with Gasteiger partial charge in [0.05, 0.1) is 18.0 Å². The van der Waals surface area contributed by atoms with Crippen LogP contribution in [0.1, 0.15) is 5.56 Å². The van der Waals surface area contributed by atoms with E-state index in [1.54, 1.807) is 0 Å². The number of aliphatic hydroxyl groups excluding tert-OH is 1. The molecule has 0 radical (unpaired) electrons. The Kier molecular flexibility index (Phi) is 5.53. The second-order valence-corrected chi connectivity index (χ2v) is 6.40. The van der Waals surface area contributed by atoms with Crippen LogP contribution in [0.4, 0.5) is 17.6 Å². The van der Waals surface area contributed by atoms with Crippen molar-refractivity contribution in [3.05, 3.63) is 28.2 Å². The standard InChI is InChI=1S/C10H10BrF4NO3S/c11-7-2-1-6(4-17)3-8(7)20(18,19)16-5-10(14,15)9(12)13/h1-3,9,16-17H,4-5H2. The molecule has 2 N–H and O–H groups in total. The molecule has 114 valence electrons. The topological polar surface area (TPSA) is 66.4 Å². The fourth-order valence-corrected chi connectivity index (χ4v) is 3.25. The minimum Gasteiger partial charge on any atom is -0.392 e. The van der Waals surface area contributed by atoms with Gasteiger partial charge in [-0.25, -0.2) is 21.9 Å². The van der Waals surface area contributed by atoms with E-state index in [9.17, 15) is 26.0 Å². The van der Waals surface area contributed by atoms with E-state index >= 15 is 0 Å². The minimum absolute atomic E-state index is 0.0579. The number of hydrogen-bond acceptors (Lipinski definition) is 3. The molecule has 0 amide bonds. The van der Waals surface area contributed by atoms with Crippen LogP contribution in [-0.4, -0.2) is 32.4 Å². The van der Waals surface area contributed by atoms with Crippen molar-refractivity contribution < 1.29 is 31.1 Å². The highest BCUT2D eigenvalue weighted by Crippen LogP contribution is 2.25. The van der Waals surface area contributed by atoms with Crippen LogP contribution in [0.25, 0.3) is 0 Å². The fourth-order valence-electron chi connectivity index (χ4n) is 1.20. The molecule has 0 bridgehead atoms. The SMILES string of the molecule is O=S(=O)(NCC(F)(F)C(F)F)c1cc(CO)ccc1Br. The van der Waals surface area contributed by atoms with E-state index < -0.39 is 40.4 Å². The number of nitrogens with one attached hydrogen (secondary N) is 1. The number of sulfonamides is 1. The lowest BCUT2D eigenvalue weighted by Gasteiger charge is -2.16. The van der Waals surface area contributed by atoms with Crippen molar-refractivity contribution in [2.75, 3.05) is 6.54 Å². The van der Waals surface area contributed by atoms with Crippen molar-refractivity contribution in [2.45, 2.75) is 23.9 Å². The van der Waals surface area contributed by atoms with Gasteiger partial charge in [0.15, 0.2) is 0 Å². The van der Waals surface area contributed by atoms with Crippen LogP contribution >= 0.6 is 15.9 Å². The molecule has 0 saturated carbocycles. The van der Waals surface area contributed by atoms with Gasteiger partial charge in [-0.3, -0.25) is 0 Å². The lowest BCUT2D eigenvalue weighted by Crippen LogP contribution is -2.41. The highest BCUT2D eigenvalue weighted by molar-refractivity contribution is 9.10. The van der Waals surface area contributed by atoms with Crippen molar-refractivity contribution in [2.24, 2.45) is 0 Å². The molecule has 1 aromatic carbocycles. The monoisotopic (exact) mass is 379 g/mol. The summed E-state index contributed by atoms with van der Waals surface area (Å²) < 4.78 is 74.4. The van der Waals surface area contributed by atoms with Gasteiger partial charge in [0.1, 0.15) is 0 Å². The second kappa shape index (κ2) is 6.37. The summed E-state index contributed by atoms with van der Waals surface area (Å²) in [6, 6.07) is 3.76. The molecule has 20 heavy (non-hydrogen) atoms. The number of halogens is 5. The molecule has 0 unspecified atom stereocenters. The Morgan fingerprint density at radius 3 is 2.45 bits per heavy atom. The largest absolute Gasteiger partial charge is 0.392 e. The van der Waals surface area contributed by atoms with Crippen molar-refractivity contribution in [3.8, 4) is 0 Å². The first-order valence-corrected chi connectivity index (χ1v) is 7.42. The number of hydrogen-bond donors (Lipinski definition) is 2. The quantitative estimate of drug-likeness (QED) is 0.744. The maximum Gasteiger partial charge on any atom is 0.320 e. The van der Waals surface area contributed by atoms with Crippen LogP contribution in [-0.2, 0) is 16.6 Å². The van der Waals surface area contributed by atoms with Gasteiger partial charge < -0.3 is 5.11 Å². The van der Waals surface area contributed by atoms with Gasteiger partial charge in [-0.15, -0.1) is 0 Å². The van der Waals surface area contributed by atoms with Gasteiger partial charge in [0, 0.05) is 4.47 Å². The minimum atomic E-state index is -4.46. The highest BCUT2D eigenvalue weighted by atomic mass is 79.9. The molecule has 0 atom stereocenters. The molecule has 1 rings (SSSR count). The number of alkyl halides is 4. The zero-order chi connectivity index (χ0) is 15.6. The third-order valence-electron chi connectivity index (χ3n) is 2.28. The molecular formula is C10H10BrF4NO3S. The van der Waals surface area contributed by atoms with Crippen LogP contribution < -0.4 is 4.72 Å². The third kappa shape index (κ3) is 4.14. The van der Waals surface area contributed by atoms with Crippen LogP contribution in [0.2, 0.25) is 0 Å². The van der Waals surface area contributed by atoms with Gasteiger partial charge in [0.25, 0.3) is 0 Å². The van der Waals surface area contributed by atoms with E-state index in [0.29, 0.717) is 0 Å². The molecule has 0 heterocycles. The molecular weight excluding hydrogens is 370 g/mol. The first-order valence-electron chi connectivity index (χ1n) is 5.15. The molecule has 0 aliphatic carbocycles. The van der Waals surface area contributed by atoms with Crippen molar-refractivity contribution >= 4 is 26.0 Å². The van der Waals surface area contributed by atoms with Crippen molar-refractivity contribution in [1.29, 1.82) is 0 Å². The summed E-state index contributed by atoms with van der Waals surface area (Å²) in [5, 5.41) is 8.90. The average Bonchev–Trinajstić information content (AvgIpc) is 2.37. The summed E-state index contributed by atoms with van der Waals surface area (Å²) in [5.74, 6) is -4.46.